The predicted octanol–water partition coefficient (Wildman–Crippen LogP) is 1.97. The zero-order chi connectivity index (χ0) is 18.0. The van der Waals surface area contributed by atoms with Gasteiger partial charge in [0.1, 0.15) is 0 Å². The Kier molecular flexibility index (Phi) is 8.95. The molecule has 0 saturated heterocycles. The highest BCUT2D eigenvalue weighted by Gasteiger charge is 2.23. The topological polar surface area (TPSA) is 92.5 Å². The highest BCUT2D eigenvalue weighted by molar-refractivity contribution is 7.89. The van der Waals surface area contributed by atoms with Crippen molar-refractivity contribution in [1.29, 1.82) is 0 Å². The second-order valence-electron chi connectivity index (χ2n) is 5.68. The van der Waals surface area contributed by atoms with Crippen molar-refractivity contribution in [2.24, 2.45) is 5.73 Å². The minimum absolute atomic E-state index is 0.199. The molecule has 24 heavy (non-hydrogen) atoms. The van der Waals surface area contributed by atoms with Gasteiger partial charge in [-0.05, 0) is 56.5 Å². The van der Waals surface area contributed by atoms with Gasteiger partial charge in [-0.15, -0.1) is 0 Å². The molecule has 0 fully saturated rings. The van der Waals surface area contributed by atoms with Gasteiger partial charge >= 0.3 is 0 Å². The van der Waals surface area contributed by atoms with Crippen molar-refractivity contribution in [3.05, 3.63) is 29.8 Å². The van der Waals surface area contributed by atoms with E-state index in [1.165, 1.54) is 16.4 Å². The second kappa shape index (κ2) is 10.4. The fourth-order valence-electron chi connectivity index (χ4n) is 2.35. The number of nitrogens with two attached hydrogens (primary N) is 1. The van der Waals surface area contributed by atoms with Gasteiger partial charge in [0.25, 0.3) is 5.91 Å². The number of nitrogens with one attached hydrogen (secondary N) is 1. The van der Waals surface area contributed by atoms with E-state index in [-0.39, 0.29) is 10.8 Å². The second-order valence-corrected chi connectivity index (χ2v) is 7.62. The highest BCUT2D eigenvalue weighted by Crippen LogP contribution is 2.17. The zero-order valence-corrected chi connectivity index (χ0v) is 15.4. The summed E-state index contributed by atoms with van der Waals surface area (Å²) >= 11 is 0. The standard InChI is InChI=1S/C17H29N3O3S/c1-3-13-20(14-4-2)24(22,23)16-9-7-15(8-10-16)17(21)19-12-6-5-11-18/h7-10H,3-6,11-14,18H2,1-2H3,(H,19,21). The van der Waals surface area contributed by atoms with Crippen LogP contribution in [-0.2, 0) is 10.0 Å². The predicted molar refractivity (Wildman–Crippen MR) is 96.4 cm³/mol. The molecule has 1 aromatic rings. The van der Waals surface area contributed by atoms with Gasteiger partial charge in [0.15, 0.2) is 0 Å². The number of sulfonamides is 1. The lowest BCUT2D eigenvalue weighted by Crippen LogP contribution is -2.32. The number of carbonyl (C=O) groups excluding carboxylic acids is 1. The number of amides is 1. The summed E-state index contributed by atoms with van der Waals surface area (Å²) < 4.78 is 26.8. The van der Waals surface area contributed by atoms with Crippen LogP contribution in [0.25, 0.3) is 0 Å². The van der Waals surface area contributed by atoms with Crippen LogP contribution in [0.5, 0.6) is 0 Å². The van der Waals surface area contributed by atoms with E-state index < -0.39 is 10.0 Å². The Morgan fingerprint density at radius 3 is 2.17 bits per heavy atom. The molecule has 1 aromatic carbocycles. The van der Waals surface area contributed by atoms with E-state index in [1.54, 1.807) is 12.1 Å². The summed E-state index contributed by atoms with van der Waals surface area (Å²) in [6, 6.07) is 6.12. The van der Waals surface area contributed by atoms with Crippen LogP contribution in [0.3, 0.4) is 0 Å². The van der Waals surface area contributed by atoms with Crippen LogP contribution in [0.4, 0.5) is 0 Å². The first-order valence-electron chi connectivity index (χ1n) is 8.55. The molecule has 0 atom stereocenters. The number of nitrogens with zero attached hydrogens (tertiary/aromatic N) is 1. The van der Waals surface area contributed by atoms with E-state index in [1.807, 2.05) is 13.8 Å². The number of benzene rings is 1. The Hall–Kier alpha value is -1.44. The van der Waals surface area contributed by atoms with Crippen molar-refractivity contribution >= 4 is 15.9 Å². The van der Waals surface area contributed by atoms with Gasteiger partial charge in [-0.2, -0.15) is 4.31 Å². The molecule has 0 unspecified atom stereocenters. The highest BCUT2D eigenvalue weighted by atomic mass is 32.2. The summed E-state index contributed by atoms with van der Waals surface area (Å²) in [4.78, 5) is 12.2. The molecule has 136 valence electrons. The third kappa shape index (κ3) is 5.89. The summed E-state index contributed by atoms with van der Waals surface area (Å²) in [5, 5.41) is 2.80. The van der Waals surface area contributed by atoms with Gasteiger partial charge in [0.2, 0.25) is 10.0 Å². The first kappa shape index (κ1) is 20.6. The summed E-state index contributed by atoms with van der Waals surface area (Å²) in [6.07, 6.45) is 3.23. The van der Waals surface area contributed by atoms with E-state index in [4.69, 9.17) is 5.73 Å². The summed E-state index contributed by atoms with van der Waals surface area (Å²) in [6.45, 7) is 6.08. The Balaban J connectivity index is 2.79. The number of hydrogen-bond acceptors (Lipinski definition) is 4. The minimum Gasteiger partial charge on any atom is -0.352 e. The molecule has 0 bridgehead atoms. The molecule has 3 N–H and O–H groups in total. The Bertz CT molecular complexity index is 594. The lowest BCUT2D eigenvalue weighted by atomic mass is 10.2. The van der Waals surface area contributed by atoms with Gasteiger partial charge in [-0.3, -0.25) is 4.79 Å². The maximum Gasteiger partial charge on any atom is 0.251 e. The molecule has 0 aliphatic heterocycles. The smallest absolute Gasteiger partial charge is 0.251 e. The maximum atomic E-state index is 12.7. The van der Waals surface area contributed by atoms with Crippen molar-refractivity contribution < 1.29 is 13.2 Å². The number of hydrogen-bond donors (Lipinski definition) is 2. The minimum atomic E-state index is -3.50. The Morgan fingerprint density at radius 1 is 1.08 bits per heavy atom. The number of rotatable bonds is 11. The number of carbonyl (C=O) groups is 1. The fraction of sp³-hybridized carbons (Fsp3) is 0.588. The van der Waals surface area contributed by atoms with Crippen LogP contribution in [0, 0.1) is 0 Å². The van der Waals surface area contributed by atoms with Crippen molar-refractivity contribution in [1.82, 2.24) is 9.62 Å². The molecule has 7 heteroatoms. The fourth-order valence-corrected chi connectivity index (χ4v) is 3.98. The lowest BCUT2D eigenvalue weighted by Gasteiger charge is -2.21. The molecular weight excluding hydrogens is 326 g/mol. The molecule has 1 amide bonds. The van der Waals surface area contributed by atoms with E-state index in [9.17, 15) is 13.2 Å². The van der Waals surface area contributed by atoms with Gasteiger partial charge in [0, 0.05) is 25.2 Å². The molecule has 0 spiro atoms. The first-order valence-corrected chi connectivity index (χ1v) is 9.99. The summed E-state index contributed by atoms with van der Waals surface area (Å²) in [5.74, 6) is -0.199. The van der Waals surface area contributed by atoms with Crippen molar-refractivity contribution in [2.75, 3.05) is 26.2 Å². The molecule has 0 saturated carbocycles. The van der Waals surface area contributed by atoms with Crippen LogP contribution in [0.2, 0.25) is 0 Å². The van der Waals surface area contributed by atoms with Gasteiger partial charge in [-0.1, -0.05) is 13.8 Å². The Labute approximate surface area is 145 Å². The average Bonchev–Trinajstić information content (AvgIpc) is 2.58. The maximum absolute atomic E-state index is 12.7. The van der Waals surface area contributed by atoms with Gasteiger partial charge in [-0.25, -0.2) is 8.42 Å². The van der Waals surface area contributed by atoms with Crippen LogP contribution >= 0.6 is 0 Å². The number of unbranched alkanes of at least 4 members (excludes halogenated alkanes) is 1. The Morgan fingerprint density at radius 2 is 1.67 bits per heavy atom. The van der Waals surface area contributed by atoms with Crippen molar-refractivity contribution in [3.63, 3.8) is 0 Å². The SMILES string of the molecule is CCCN(CCC)S(=O)(=O)c1ccc(C(=O)NCCCCN)cc1. The molecule has 0 heterocycles. The van der Waals surface area contributed by atoms with E-state index in [2.05, 4.69) is 5.32 Å². The van der Waals surface area contributed by atoms with Crippen LogP contribution in [-0.4, -0.2) is 44.8 Å². The largest absolute Gasteiger partial charge is 0.352 e. The van der Waals surface area contributed by atoms with Gasteiger partial charge < -0.3 is 11.1 Å². The molecule has 1 rings (SSSR count). The van der Waals surface area contributed by atoms with Crippen LogP contribution < -0.4 is 11.1 Å². The third-order valence-electron chi connectivity index (χ3n) is 3.62. The molecule has 0 radical (unpaired) electrons. The third-order valence-corrected chi connectivity index (χ3v) is 5.53. The molecule has 0 aliphatic rings. The monoisotopic (exact) mass is 355 g/mol. The summed E-state index contributed by atoms with van der Waals surface area (Å²) in [5.41, 5.74) is 5.87. The zero-order valence-electron chi connectivity index (χ0n) is 14.6. The molecule has 6 nitrogen and oxygen atoms in total. The van der Waals surface area contributed by atoms with Gasteiger partial charge in [0.05, 0.1) is 4.90 Å². The normalized spacial score (nSPS) is 11.7. The summed E-state index contributed by atoms with van der Waals surface area (Å²) in [7, 11) is -3.50. The molecule has 0 aromatic heterocycles. The first-order chi connectivity index (χ1) is 11.5. The van der Waals surface area contributed by atoms with E-state index in [0.717, 1.165) is 25.7 Å². The molecule has 0 aliphatic carbocycles. The van der Waals surface area contributed by atoms with E-state index in [0.29, 0.717) is 31.7 Å². The quantitative estimate of drug-likeness (QED) is 0.594. The van der Waals surface area contributed by atoms with Crippen molar-refractivity contribution in [3.8, 4) is 0 Å². The van der Waals surface area contributed by atoms with E-state index >= 15 is 0 Å². The lowest BCUT2D eigenvalue weighted by molar-refractivity contribution is 0.0953. The van der Waals surface area contributed by atoms with Crippen LogP contribution in [0.15, 0.2) is 29.2 Å². The van der Waals surface area contributed by atoms with Crippen molar-refractivity contribution in [2.45, 2.75) is 44.4 Å². The van der Waals surface area contributed by atoms with Crippen LogP contribution in [0.1, 0.15) is 49.9 Å². The molecular formula is C17H29N3O3S. The average molecular weight is 356 g/mol.